The van der Waals surface area contributed by atoms with Crippen molar-refractivity contribution in [3.8, 4) is 0 Å². The van der Waals surface area contributed by atoms with Gasteiger partial charge in [-0.15, -0.1) is 0 Å². The van der Waals surface area contributed by atoms with Crippen LogP contribution in [0.5, 0.6) is 0 Å². The Morgan fingerprint density at radius 1 is 1.38 bits per heavy atom. The molecule has 0 radical (unpaired) electrons. The second-order valence-corrected chi connectivity index (χ2v) is 2.89. The largest absolute Gasteiger partial charge is 0.394 e. The number of hydrogen-bond acceptors (Lipinski definition) is 5. The summed E-state index contributed by atoms with van der Waals surface area (Å²) in [7, 11) is 1.24. The predicted molar refractivity (Wildman–Crippen MR) is 39.7 cm³/mol. The van der Waals surface area contributed by atoms with Crippen molar-refractivity contribution in [2.75, 3.05) is 13.7 Å². The lowest BCUT2D eigenvalue weighted by atomic mass is 10.0. The van der Waals surface area contributed by atoms with Crippen molar-refractivity contribution in [1.29, 1.82) is 0 Å². The zero-order valence-electron chi connectivity index (χ0n) is 7.13. The van der Waals surface area contributed by atoms with Crippen LogP contribution in [0.1, 0.15) is 0 Å². The summed E-state index contributed by atoms with van der Waals surface area (Å²) in [5.41, 5.74) is 0. The molecular formula is C7H13FO5. The molecule has 1 fully saturated rings. The van der Waals surface area contributed by atoms with Gasteiger partial charge in [0.25, 0.3) is 0 Å². The molecule has 0 spiro atoms. The quantitative estimate of drug-likeness (QED) is 0.495. The second kappa shape index (κ2) is 4.30. The lowest BCUT2D eigenvalue weighted by Gasteiger charge is -2.37. The summed E-state index contributed by atoms with van der Waals surface area (Å²) in [6.45, 7) is -0.520. The summed E-state index contributed by atoms with van der Waals surface area (Å²) in [4.78, 5) is 0. The third kappa shape index (κ3) is 1.97. The Labute approximate surface area is 74.7 Å². The minimum Gasteiger partial charge on any atom is -0.394 e. The van der Waals surface area contributed by atoms with Crippen LogP contribution in [0.15, 0.2) is 0 Å². The molecule has 0 bridgehead atoms. The van der Waals surface area contributed by atoms with Crippen molar-refractivity contribution >= 4 is 0 Å². The van der Waals surface area contributed by atoms with E-state index in [0.717, 1.165) is 0 Å². The zero-order valence-corrected chi connectivity index (χ0v) is 7.13. The highest BCUT2D eigenvalue weighted by Gasteiger charge is 2.44. The van der Waals surface area contributed by atoms with Gasteiger partial charge >= 0.3 is 0 Å². The van der Waals surface area contributed by atoms with Crippen molar-refractivity contribution < 1.29 is 29.2 Å². The van der Waals surface area contributed by atoms with Crippen LogP contribution in [-0.2, 0) is 9.47 Å². The molecule has 1 saturated heterocycles. The van der Waals surface area contributed by atoms with E-state index in [1.165, 1.54) is 7.11 Å². The molecule has 5 nitrogen and oxygen atoms in total. The number of rotatable bonds is 2. The Bertz CT molecular complexity index is 147. The minimum absolute atomic E-state index is 0.520. The van der Waals surface area contributed by atoms with E-state index in [4.69, 9.17) is 20.1 Å². The number of halogens is 1. The zero-order chi connectivity index (χ0) is 10.0. The van der Waals surface area contributed by atoms with Gasteiger partial charge in [0.05, 0.1) is 6.61 Å². The van der Waals surface area contributed by atoms with Gasteiger partial charge in [0.1, 0.15) is 18.3 Å². The predicted octanol–water partition coefficient (Wildman–Crippen LogP) is -1.59. The Kier molecular flexibility index (Phi) is 3.57. The van der Waals surface area contributed by atoms with Gasteiger partial charge in [-0.2, -0.15) is 0 Å². The molecule has 0 aliphatic carbocycles. The van der Waals surface area contributed by atoms with Crippen molar-refractivity contribution in [3.63, 3.8) is 0 Å². The standard InChI is InChI=1S/C7H13FO5/c1-12-7-6(11)4(8)5(10)3(2-9)13-7/h3-7,9-11H,2H2,1H3/t3-,4+,5-,6-,7?/m1/s1/i8-1. The van der Waals surface area contributed by atoms with E-state index < -0.39 is 37.4 Å². The summed E-state index contributed by atoms with van der Waals surface area (Å²) < 4.78 is 22.6. The van der Waals surface area contributed by atoms with Gasteiger partial charge in [0.15, 0.2) is 12.5 Å². The fourth-order valence-corrected chi connectivity index (χ4v) is 1.24. The van der Waals surface area contributed by atoms with Gasteiger partial charge in [-0.25, -0.2) is 4.39 Å². The molecule has 0 aromatic carbocycles. The smallest absolute Gasteiger partial charge is 0.186 e. The Hall–Kier alpha value is -0.270. The Morgan fingerprint density at radius 2 is 2.00 bits per heavy atom. The molecule has 13 heavy (non-hydrogen) atoms. The Morgan fingerprint density at radius 3 is 2.46 bits per heavy atom. The Balaban J connectivity index is 2.66. The number of methoxy groups -OCH3 is 1. The molecule has 0 saturated carbocycles. The van der Waals surface area contributed by atoms with E-state index in [-0.39, 0.29) is 0 Å². The van der Waals surface area contributed by atoms with E-state index in [0.29, 0.717) is 0 Å². The molecule has 6 heteroatoms. The molecule has 1 rings (SSSR count). The van der Waals surface area contributed by atoms with Crippen LogP contribution in [0.3, 0.4) is 0 Å². The highest BCUT2D eigenvalue weighted by atomic mass is 18.2. The lowest BCUT2D eigenvalue weighted by Crippen LogP contribution is -2.57. The van der Waals surface area contributed by atoms with Crippen LogP contribution in [0.2, 0.25) is 0 Å². The van der Waals surface area contributed by atoms with E-state index >= 15 is 0 Å². The van der Waals surface area contributed by atoms with Gasteiger partial charge in [-0.05, 0) is 0 Å². The van der Waals surface area contributed by atoms with Gasteiger partial charge in [0.2, 0.25) is 0 Å². The summed E-state index contributed by atoms with van der Waals surface area (Å²) in [5, 5.41) is 27.0. The molecule has 1 heterocycles. The van der Waals surface area contributed by atoms with Crippen LogP contribution in [-0.4, -0.2) is 59.8 Å². The highest BCUT2D eigenvalue weighted by molar-refractivity contribution is 4.88. The van der Waals surface area contributed by atoms with Gasteiger partial charge < -0.3 is 24.8 Å². The average molecular weight is 195 g/mol. The number of aliphatic hydroxyl groups is 3. The SMILES string of the molecule is COC1O[C@H](CO)[C@@H](O)[C@H]([18F])[C@H]1O. The van der Waals surface area contributed by atoms with E-state index in [1.807, 2.05) is 0 Å². The average Bonchev–Trinajstić information content (AvgIpc) is 2.15. The number of ether oxygens (including phenoxy) is 2. The van der Waals surface area contributed by atoms with Gasteiger partial charge in [-0.1, -0.05) is 0 Å². The number of aliphatic hydroxyl groups excluding tert-OH is 3. The summed E-state index contributed by atoms with van der Waals surface area (Å²) >= 11 is 0. The molecule has 3 N–H and O–H groups in total. The monoisotopic (exact) mass is 195 g/mol. The summed E-state index contributed by atoms with van der Waals surface area (Å²) in [6, 6.07) is 0. The van der Waals surface area contributed by atoms with Crippen molar-refractivity contribution in [3.05, 3.63) is 0 Å². The van der Waals surface area contributed by atoms with Crippen molar-refractivity contribution in [2.24, 2.45) is 0 Å². The molecule has 1 unspecified atom stereocenters. The van der Waals surface area contributed by atoms with E-state index in [1.54, 1.807) is 0 Å². The lowest BCUT2D eigenvalue weighted by molar-refractivity contribution is -0.283. The third-order valence-electron chi connectivity index (χ3n) is 2.03. The summed E-state index contributed by atoms with van der Waals surface area (Å²) in [6.07, 6.45) is -7.11. The maximum atomic E-state index is 13.1. The fraction of sp³-hybridized carbons (Fsp3) is 1.00. The van der Waals surface area contributed by atoms with Crippen LogP contribution in [0.4, 0.5) is 4.39 Å². The van der Waals surface area contributed by atoms with Crippen LogP contribution in [0.25, 0.3) is 0 Å². The van der Waals surface area contributed by atoms with Crippen molar-refractivity contribution in [2.45, 2.75) is 30.8 Å². The first-order valence-corrected chi connectivity index (χ1v) is 3.91. The molecule has 78 valence electrons. The highest BCUT2D eigenvalue weighted by Crippen LogP contribution is 2.23. The van der Waals surface area contributed by atoms with Crippen LogP contribution in [0, 0.1) is 0 Å². The molecular weight excluding hydrogens is 182 g/mol. The minimum atomic E-state index is -1.86. The third-order valence-corrected chi connectivity index (χ3v) is 2.03. The molecule has 0 amide bonds. The fourth-order valence-electron chi connectivity index (χ4n) is 1.24. The molecule has 0 aromatic heterocycles. The molecule has 0 aromatic rings. The van der Waals surface area contributed by atoms with Gasteiger partial charge in [0, 0.05) is 7.11 Å². The number of hydrogen-bond donors (Lipinski definition) is 3. The van der Waals surface area contributed by atoms with E-state index in [2.05, 4.69) is 4.74 Å². The maximum Gasteiger partial charge on any atom is 0.186 e. The van der Waals surface area contributed by atoms with Crippen LogP contribution >= 0.6 is 0 Å². The topological polar surface area (TPSA) is 79.2 Å². The second-order valence-electron chi connectivity index (χ2n) is 2.89. The molecule has 5 atom stereocenters. The first-order chi connectivity index (χ1) is 6.11. The molecule has 1 aliphatic rings. The maximum absolute atomic E-state index is 13.1. The normalized spacial score (nSPS) is 46.4. The number of alkyl halides is 1. The van der Waals surface area contributed by atoms with Crippen molar-refractivity contribution in [1.82, 2.24) is 0 Å². The summed E-state index contributed by atoms with van der Waals surface area (Å²) in [5.74, 6) is 0. The van der Waals surface area contributed by atoms with Gasteiger partial charge in [-0.3, -0.25) is 0 Å². The first kappa shape index (κ1) is 10.8. The molecule has 1 aliphatic heterocycles. The van der Waals surface area contributed by atoms with Crippen LogP contribution < -0.4 is 0 Å². The van der Waals surface area contributed by atoms with E-state index in [9.17, 15) is 4.39 Å². The first-order valence-electron chi connectivity index (χ1n) is 3.91.